The van der Waals surface area contributed by atoms with E-state index in [4.69, 9.17) is 0 Å². The third kappa shape index (κ3) is 6.05. The van der Waals surface area contributed by atoms with Gasteiger partial charge in [-0.1, -0.05) is 30.3 Å². The second kappa shape index (κ2) is 8.06. The second-order valence-corrected chi connectivity index (χ2v) is 7.15. The van der Waals surface area contributed by atoms with E-state index in [1.165, 1.54) is 5.56 Å². The Kier molecular flexibility index (Phi) is 6.38. The van der Waals surface area contributed by atoms with Crippen LogP contribution in [0.5, 0.6) is 0 Å². The van der Waals surface area contributed by atoms with Crippen LogP contribution in [0.4, 0.5) is 0 Å². The van der Waals surface area contributed by atoms with E-state index in [1.54, 1.807) is 0 Å². The number of hydrogen-bond acceptors (Lipinski definition) is 4. The molecule has 4 heteroatoms. The number of benzene rings is 1. The summed E-state index contributed by atoms with van der Waals surface area (Å²) in [6.07, 6.45) is 2.32. The van der Waals surface area contributed by atoms with Gasteiger partial charge in [0.25, 0.3) is 0 Å². The molecular weight excluding hydrogens is 274 g/mol. The summed E-state index contributed by atoms with van der Waals surface area (Å²) in [4.78, 5) is 4.55. The van der Waals surface area contributed by atoms with Crippen molar-refractivity contribution in [2.75, 3.05) is 40.3 Å². The van der Waals surface area contributed by atoms with E-state index < -0.39 is 5.60 Å². The molecule has 0 aromatic heterocycles. The fourth-order valence-corrected chi connectivity index (χ4v) is 3.24. The van der Waals surface area contributed by atoms with Crippen LogP contribution >= 0.6 is 0 Å². The molecule has 124 valence electrons. The number of nitrogens with one attached hydrogen (secondary N) is 1. The lowest BCUT2D eigenvalue weighted by molar-refractivity contribution is 0.0287. The summed E-state index contributed by atoms with van der Waals surface area (Å²) in [6.45, 7) is 6.56. The monoisotopic (exact) mass is 305 g/mol. The topological polar surface area (TPSA) is 38.7 Å². The predicted octanol–water partition coefficient (Wildman–Crippen LogP) is 1.55. The lowest BCUT2D eigenvalue weighted by Gasteiger charge is -2.35. The molecule has 2 rings (SSSR count). The third-order valence-electron chi connectivity index (χ3n) is 4.27. The lowest BCUT2D eigenvalue weighted by Crippen LogP contribution is -2.50. The Hall–Kier alpha value is -0.940. The lowest BCUT2D eigenvalue weighted by atomic mass is 10.0. The molecule has 0 amide bonds. The molecule has 0 radical (unpaired) electrons. The molecule has 0 saturated carbocycles. The summed E-state index contributed by atoms with van der Waals surface area (Å²) in [5.41, 5.74) is 0.729. The van der Waals surface area contributed by atoms with Crippen molar-refractivity contribution >= 4 is 0 Å². The molecular formula is C18H31N3O. The minimum Gasteiger partial charge on any atom is -0.388 e. The van der Waals surface area contributed by atoms with Crippen LogP contribution in [0.1, 0.15) is 25.3 Å². The molecule has 4 nitrogen and oxygen atoms in total. The Labute approximate surface area is 135 Å². The minimum absolute atomic E-state index is 0.528. The van der Waals surface area contributed by atoms with Crippen LogP contribution in [0.15, 0.2) is 30.3 Å². The van der Waals surface area contributed by atoms with Crippen LogP contribution in [-0.4, -0.2) is 66.8 Å². The number of likely N-dealkylation sites (tertiary alicyclic amines) is 1. The van der Waals surface area contributed by atoms with Crippen LogP contribution in [0.25, 0.3) is 0 Å². The van der Waals surface area contributed by atoms with Crippen LogP contribution in [0.2, 0.25) is 0 Å². The van der Waals surface area contributed by atoms with Gasteiger partial charge in [-0.2, -0.15) is 0 Å². The molecule has 2 N–H and O–H groups in total. The number of nitrogens with zero attached hydrogens (tertiary/aromatic N) is 2. The maximum Gasteiger partial charge on any atom is 0.0869 e. The largest absolute Gasteiger partial charge is 0.388 e. The van der Waals surface area contributed by atoms with Crippen molar-refractivity contribution in [1.82, 2.24) is 15.1 Å². The normalized spacial score (nSPS) is 20.2. The van der Waals surface area contributed by atoms with E-state index in [0.29, 0.717) is 19.1 Å². The highest BCUT2D eigenvalue weighted by Gasteiger charge is 2.24. The number of hydrogen-bond donors (Lipinski definition) is 2. The summed E-state index contributed by atoms with van der Waals surface area (Å²) in [6, 6.07) is 11.2. The molecule has 1 unspecified atom stereocenters. The highest BCUT2D eigenvalue weighted by molar-refractivity contribution is 5.14. The predicted molar refractivity (Wildman–Crippen MR) is 91.9 cm³/mol. The quantitative estimate of drug-likeness (QED) is 0.802. The smallest absolute Gasteiger partial charge is 0.0869 e. The van der Waals surface area contributed by atoms with Gasteiger partial charge in [0.15, 0.2) is 0 Å². The molecule has 0 spiro atoms. The fraction of sp³-hybridized carbons (Fsp3) is 0.667. The zero-order valence-electron chi connectivity index (χ0n) is 14.3. The summed E-state index contributed by atoms with van der Waals surface area (Å²) >= 11 is 0. The number of rotatable bonds is 7. The van der Waals surface area contributed by atoms with Gasteiger partial charge in [0.05, 0.1) is 5.60 Å². The average Bonchev–Trinajstić information content (AvgIpc) is 2.46. The summed E-state index contributed by atoms with van der Waals surface area (Å²) in [5.74, 6) is 0. The molecule has 1 atom stereocenters. The van der Waals surface area contributed by atoms with Crippen molar-refractivity contribution in [3.05, 3.63) is 35.9 Å². The van der Waals surface area contributed by atoms with E-state index in [9.17, 15) is 5.11 Å². The molecule has 0 bridgehead atoms. The Balaban J connectivity index is 1.69. The van der Waals surface area contributed by atoms with Crippen LogP contribution in [0, 0.1) is 0 Å². The van der Waals surface area contributed by atoms with Gasteiger partial charge in [0, 0.05) is 25.7 Å². The Morgan fingerprint density at radius 2 is 1.86 bits per heavy atom. The van der Waals surface area contributed by atoms with Crippen LogP contribution in [-0.2, 0) is 6.54 Å². The second-order valence-electron chi connectivity index (χ2n) is 7.15. The van der Waals surface area contributed by atoms with Gasteiger partial charge in [-0.25, -0.2) is 0 Å². The van der Waals surface area contributed by atoms with Gasteiger partial charge in [0.1, 0.15) is 0 Å². The molecule has 1 aromatic rings. The van der Waals surface area contributed by atoms with Crippen molar-refractivity contribution in [3.8, 4) is 0 Å². The molecule has 22 heavy (non-hydrogen) atoms. The first-order chi connectivity index (χ1) is 10.4. The fourth-order valence-electron chi connectivity index (χ4n) is 3.24. The average molecular weight is 305 g/mol. The number of piperidine rings is 1. The van der Waals surface area contributed by atoms with Crippen LogP contribution < -0.4 is 5.32 Å². The van der Waals surface area contributed by atoms with Gasteiger partial charge >= 0.3 is 0 Å². The van der Waals surface area contributed by atoms with Gasteiger partial charge in [-0.15, -0.1) is 0 Å². The van der Waals surface area contributed by atoms with Crippen molar-refractivity contribution in [1.29, 1.82) is 0 Å². The summed E-state index contributed by atoms with van der Waals surface area (Å²) in [7, 11) is 3.99. The number of likely N-dealkylation sites (N-methyl/N-ethyl adjacent to an activating group) is 1. The van der Waals surface area contributed by atoms with E-state index in [-0.39, 0.29) is 0 Å². The molecule has 1 saturated heterocycles. The van der Waals surface area contributed by atoms with Gasteiger partial charge in [-0.3, -0.25) is 4.90 Å². The van der Waals surface area contributed by atoms with E-state index in [0.717, 1.165) is 32.5 Å². The van der Waals surface area contributed by atoms with E-state index in [2.05, 4.69) is 40.5 Å². The van der Waals surface area contributed by atoms with Crippen molar-refractivity contribution in [2.45, 2.75) is 38.0 Å². The summed E-state index contributed by atoms with van der Waals surface area (Å²) < 4.78 is 0. The summed E-state index contributed by atoms with van der Waals surface area (Å²) in [5, 5.41) is 13.9. The zero-order valence-corrected chi connectivity index (χ0v) is 14.3. The zero-order chi connectivity index (χ0) is 16.0. The molecule has 1 aliphatic rings. The molecule has 1 aromatic carbocycles. The number of aliphatic hydroxyl groups is 1. The maximum absolute atomic E-state index is 10.3. The first-order valence-electron chi connectivity index (χ1n) is 8.31. The van der Waals surface area contributed by atoms with Gasteiger partial charge < -0.3 is 15.3 Å². The highest BCUT2D eigenvalue weighted by atomic mass is 16.3. The maximum atomic E-state index is 10.3. The van der Waals surface area contributed by atoms with Gasteiger partial charge in [-0.05, 0) is 52.5 Å². The first kappa shape index (κ1) is 17.4. The standard InChI is InChI=1S/C18H31N3O/c1-18(22,15-20(2)3)14-19-17-9-11-21(12-10-17)13-16-7-5-4-6-8-16/h4-8,17,19,22H,9-15H2,1-3H3. The van der Waals surface area contributed by atoms with Crippen molar-refractivity contribution < 1.29 is 5.11 Å². The minimum atomic E-state index is -0.662. The Bertz CT molecular complexity index is 425. The molecule has 1 aliphatic heterocycles. The molecule has 1 fully saturated rings. The first-order valence-corrected chi connectivity index (χ1v) is 8.31. The van der Waals surface area contributed by atoms with Crippen molar-refractivity contribution in [3.63, 3.8) is 0 Å². The SMILES string of the molecule is CN(C)CC(C)(O)CNC1CCN(Cc2ccccc2)CC1. The van der Waals surface area contributed by atoms with E-state index in [1.807, 2.05) is 25.9 Å². The third-order valence-corrected chi connectivity index (χ3v) is 4.27. The Morgan fingerprint density at radius 3 is 2.45 bits per heavy atom. The highest BCUT2D eigenvalue weighted by Crippen LogP contribution is 2.14. The van der Waals surface area contributed by atoms with E-state index >= 15 is 0 Å². The Morgan fingerprint density at radius 1 is 1.23 bits per heavy atom. The molecule has 1 heterocycles. The van der Waals surface area contributed by atoms with Gasteiger partial charge in [0.2, 0.25) is 0 Å². The van der Waals surface area contributed by atoms with Crippen molar-refractivity contribution in [2.24, 2.45) is 0 Å². The van der Waals surface area contributed by atoms with Crippen LogP contribution in [0.3, 0.4) is 0 Å². The molecule has 0 aliphatic carbocycles.